The van der Waals surface area contributed by atoms with Crippen molar-refractivity contribution < 1.29 is 22.7 Å². The molecule has 7 nitrogen and oxygen atoms in total. The maximum Gasteiger partial charge on any atom is 0.316 e. The summed E-state index contributed by atoms with van der Waals surface area (Å²) in [7, 11) is -0.757. The van der Waals surface area contributed by atoms with Crippen LogP contribution in [0, 0.1) is 20.8 Å². The molecule has 0 saturated carbocycles. The van der Waals surface area contributed by atoms with Crippen LogP contribution in [-0.4, -0.2) is 51.1 Å². The fourth-order valence-electron chi connectivity index (χ4n) is 2.48. The van der Waals surface area contributed by atoms with E-state index in [0.717, 1.165) is 20.3 Å². The highest BCUT2D eigenvalue weighted by atomic mass is 32.2. The molecule has 0 aliphatic heterocycles. The van der Waals surface area contributed by atoms with Crippen LogP contribution in [0.15, 0.2) is 46.2 Å². The first-order valence-corrected chi connectivity index (χ1v) is 11.6. The molecule has 1 N–H and O–H groups in total. The number of esters is 1. The van der Waals surface area contributed by atoms with Crippen molar-refractivity contribution in [1.29, 1.82) is 0 Å². The minimum atomic E-state index is -3.62. The molecule has 0 heterocycles. The average Bonchev–Trinajstić information content (AvgIpc) is 2.68. The zero-order valence-electron chi connectivity index (χ0n) is 17.7. The normalized spacial score (nSPS) is 11.4. The summed E-state index contributed by atoms with van der Waals surface area (Å²) in [6, 6.07) is 10.5. The molecule has 0 atom stereocenters. The van der Waals surface area contributed by atoms with Gasteiger partial charge in [-0.3, -0.25) is 9.59 Å². The van der Waals surface area contributed by atoms with Crippen LogP contribution in [0.1, 0.15) is 16.7 Å². The molecule has 0 aromatic heterocycles. The van der Waals surface area contributed by atoms with Crippen molar-refractivity contribution >= 4 is 39.3 Å². The molecule has 30 heavy (non-hydrogen) atoms. The summed E-state index contributed by atoms with van der Waals surface area (Å²) in [5.41, 5.74) is 3.21. The monoisotopic (exact) mass is 450 g/mol. The van der Waals surface area contributed by atoms with Crippen LogP contribution in [0.5, 0.6) is 0 Å². The predicted molar refractivity (Wildman–Crippen MR) is 118 cm³/mol. The molecule has 0 aliphatic rings. The molecular weight excluding hydrogens is 424 g/mol. The van der Waals surface area contributed by atoms with Gasteiger partial charge in [-0.1, -0.05) is 23.8 Å². The average molecular weight is 451 g/mol. The van der Waals surface area contributed by atoms with E-state index in [-0.39, 0.29) is 10.6 Å². The standard InChI is InChI=1S/C21H26N2O5S2/c1-14-6-7-16(3)19(10-14)29-13-21(25)28-12-20(24)22-18-11-17(9-8-15(18)2)30(26,27)23(4)5/h6-11H,12-13H2,1-5H3,(H,22,24). The number of rotatable bonds is 8. The van der Waals surface area contributed by atoms with Crippen molar-refractivity contribution in [1.82, 2.24) is 4.31 Å². The molecule has 0 unspecified atom stereocenters. The van der Waals surface area contributed by atoms with Gasteiger partial charge in [-0.2, -0.15) is 0 Å². The Bertz CT molecular complexity index is 1050. The van der Waals surface area contributed by atoms with Crippen molar-refractivity contribution in [3.05, 3.63) is 53.1 Å². The Morgan fingerprint density at radius 2 is 1.70 bits per heavy atom. The Morgan fingerprint density at radius 3 is 2.37 bits per heavy atom. The minimum Gasteiger partial charge on any atom is -0.455 e. The molecule has 0 aliphatic carbocycles. The van der Waals surface area contributed by atoms with Gasteiger partial charge in [-0.25, -0.2) is 12.7 Å². The van der Waals surface area contributed by atoms with Crippen LogP contribution < -0.4 is 5.32 Å². The first kappa shape index (κ1) is 23.9. The number of hydrogen-bond acceptors (Lipinski definition) is 6. The van der Waals surface area contributed by atoms with Gasteiger partial charge >= 0.3 is 5.97 Å². The number of benzene rings is 2. The number of ether oxygens (including phenoxy) is 1. The third-order valence-corrected chi connectivity index (χ3v) is 7.26. The van der Waals surface area contributed by atoms with Crippen LogP contribution in [0.25, 0.3) is 0 Å². The lowest BCUT2D eigenvalue weighted by molar-refractivity contribution is -0.144. The second-order valence-electron chi connectivity index (χ2n) is 7.03. The second kappa shape index (κ2) is 10.1. The third-order valence-electron chi connectivity index (χ3n) is 4.32. The summed E-state index contributed by atoms with van der Waals surface area (Å²) >= 11 is 1.36. The van der Waals surface area contributed by atoms with E-state index in [0.29, 0.717) is 11.3 Å². The summed E-state index contributed by atoms with van der Waals surface area (Å²) in [5, 5.41) is 2.60. The molecule has 2 rings (SSSR count). The van der Waals surface area contributed by atoms with Gasteiger partial charge in [0.1, 0.15) is 0 Å². The van der Waals surface area contributed by atoms with Gasteiger partial charge in [0, 0.05) is 24.7 Å². The molecule has 9 heteroatoms. The van der Waals surface area contributed by atoms with Crippen LogP contribution in [0.3, 0.4) is 0 Å². The number of nitrogens with one attached hydrogen (secondary N) is 1. The molecule has 0 fully saturated rings. The van der Waals surface area contributed by atoms with Gasteiger partial charge in [-0.05, 0) is 50.1 Å². The topological polar surface area (TPSA) is 92.8 Å². The number of hydrogen-bond donors (Lipinski definition) is 1. The quantitative estimate of drug-likeness (QED) is 0.491. The van der Waals surface area contributed by atoms with Gasteiger partial charge in [0.15, 0.2) is 6.61 Å². The van der Waals surface area contributed by atoms with Gasteiger partial charge < -0.3 is 10.1 Å². The van der Waals surface area contributed by atoms with E-state index in [4.69, 9.17) is 4.74 Å². The number of carbonyl (C=O) groups is 2. The smallest absolute Gasteiger partial charge is 0.316 e. The first-order valence-electron chi connectivity index (χ1n) is 9.19. The molecule has 0 saturated heterocycles. The van der Waals surface area contributed by atoms with Gasteiger partial charge in [0.2, 0.25) is 10.0 Å². The number of aryl methyl sites for hydroxylation is 3. The fourth-order valence-corrected chi connectivity index (χ4v) is 4.33. The number of amides is 1. The first-order chi connectivity index (χ1) is 14.0. The number of nitrogens with zero attached hydrogens (tertiary/aromatic N) is 1. The zero-order chi connectivity index (χ0) is 22.5. The Kier molecular flexibility index (Phi) is 8.05. The lowest BCUT2D eigenvalue weighted by atomic mass is 10.2. The number of carbonyl (C=O) groups excluding carboxylic acids is 2. The lowest BCUT2D eigenvalue weighted by Crippen LogP contribution is -2.24. The van der Waals surface area contributed by atoms with Crippen LogP contribution in [-0.2, 0) is 24.3 Å². The van der Waals surface area contributed by atoms with E-state index < -0.39 is 28.5 Å². The van der Waals surface area contributed by atoms with Crippen molar-refractivity contribution in [2.24, 2.45) is 0 Å². The van der Waals surface area contributed by atoms with E-state index in [9.17, 15) is 18.0 Å². The van der Waals surface area contributed by atoms with Crippen molar-refractivity contribution in [3.8, 4) is 0 Å². The molecule has 162 valence electrons. The summed E-state index contributed by atoms with van der Waals surface area (Å²) in [6.45, 7) is 5.24. The molecule has 0 radical (unpaired) electrons. The van der Waals surface area contributed by atoms with Crippen LogP contribution in [0.2, 0.25) is 0 Å². The maximum absolute atomic E-state index is 12.3. The number of anilines is 1. The highest BCUT2D eigenvalue weighted by molar-refractivity contribution is 8.00. The third kappa shape index (κ3) is 6.32. The highest BCUT2D eigenvalue weighted by Gasteiger charge is 2.19. The molecule has 0 bridgehead atoms. The summed E-state index contributed by atoms with van der Waals surface area (Å²) in [4.78, 5) is 25.2. The van der Waals surface area contributed by atoms with Gasteiger partial charge in [0.25, 0.3) is 5.91 Å². The van der Waals surface area contributed by atoms with E-state index >= 15 is 0 Å². The highest BCUT2D eigenvalue weighted by Crippen LogP contribution is 2.24. The Morgan fingerprint density at radius 1 is 1.03 bits per heavy atom. The molecule has 1 amide bonds. The van der Waals surface area contributed by atoms with E-state index in [1.165, 1.54) is 38.0 Å². The van der Waals surface area contributed by atoms with Gasteiger partial charge in [-0.15, -0.1) is 11.8 Å². The molecule has 2 aromatic rings. The summed E-state index contributed by atoms with van der Waals surface area (Å²) < 4.78 is 30.7. The number of thioether (sulfide) groups is 1. The van der Waals surface area contributed by atoms with Crippen molar-refractivity contribution in [3.63, 3.8) is 0 Å². The van der Waals surface area contributed by atoms with E-state index in [2.05, 4.69) is 5.32 Å². The maximum atomic E-state index is 12.3. The molecule has 2 aromatic carbocycles. The molecular formula is C21H26N2O5S2. The molecule has 0 spiro atoms. The Balaban J connectivity index is 1.93. The van der Waals surface area contributed by atoms with E-state index in [1.807, 2.05) is 32.0 Å². The van der Waals surface area contributed by atoms with Gasteiger partial charge in [0.05, 0.1) is 10.6 Å². The Labute approximate surface area is 181 Å². The second-order valence-corrected chi connectivity index (χ2v) is 10.2. The Hall–Kier alpha value is -2.36. The summed E-state index contributed by atoms with van der Waals surface area (Å²) in [6.07, 6.45) is 0. The largest absolute Gasteiger partial charge is 0.455 e. The lowest BCUT2D eigenvalue weighted by Gasteiger charge is -2.14. The van der Waals surface area contributed by atoms with Crippen molar-refractivity contribution in [2.75, 3.05) is 31.8 Å². The SMILES string of the molecule is Cc1ccc(C)c(SCC(=O)OCC(=O)Nc2cc(S(=O)(=O)N(C)C)ccc2C)c1. The summed E-state index contributed by atoms with van der Waals surface area (Å²) in [5.74, 6) is -0.952. The fraction of sp³-hybridized carbons (Fsp3) is 0.333. The van der Waals surface area contributed by atoms with Crippen LogP contribution >= 0.6 is 11.8 Å². The minimum absolute atomic E-state index is 0.0651. The predicted octanol–water partition coefficient (Wildman–Crippen LogP) is 3.14. The number of sulfonamides is 1. The van der Waals surface area contributed by atoms with Crippen LogP contribution in [0.4, 0.5) is 5.69 Å². The van der Waals surface area contributed by atoms with Crippen molar-refractivity contribution in [2.45, 2.75) is 30.6 Å². The zero-order valence-corrected chi connectivity index (χ0v) is 19.3. The van der Waals surface area contributed by atoms with E-state index in [1.54, 1.807) is 13.0 Å².